The number of aliphatic hydroxyl groups excluding tert-OH is 1. The summed E-state index contributed by atoms with van der Waals surface area (Å²) < 4.78 is 5.24. The second kappa shape index (κ2) is 6.69. The van der Waals surface area contributed by atoms with Gasteiger partial charge in [0, 0.05) is 18.5 Å². The average molecular weight is 292 g/mol. The Bertz CT molecular complexity index is 544. The Labute approximate surface area is 123 Å². The number of carbonyl (C=O) groups excluding carboxylic acids is 2. The maximum absolute atomic E-state index is 11.6. The molecule has 1 aliphatic heterocycles. The molecule has 21 heavy (non-hydrogen) atoms. The van der Waals surface area contributed by atoms with Gasteiger partial charge in [0.15, 0.2) is 0 Å². The first-order chi connectivity index (χ1) is 10.0. The van der Waals surface area contributed by atoms with Gasteiger partial charge in [0.25, 0.3) is 0 Å². The molecule has 0 aromatic heterocycles. The smallest absolute Gasteiger partial charge is 0.243 e. The second-order valence-electron chi connectivity index (χ2n) is 5.17. The third kappa shape index (κ3) is 3.80. The van der Waals surface area contributed by atoms with E-state index in [4.69, 9.17) is 4.74 Å². The van der Waals surface area contributed by atoms with Crippen molar-refractivity contribution in [2.45, 2.75) is 31.9 Å². The summed E-state index contributed by atoms with van der Waals surface area (Å²) in [5.41, 5.74) is 1.70. The minimum absolute atomic E-state index is 0.214. The van der Waals surface area contributed by atoms with E-state index in [0.717, 1.165) is 5.56 Å². The summed E-state index contributed by atoms with van der Waals surface area (Å²) >= 11 is 0. The molecule has 114 valence electrons. The van der Waals surface area contributed by atoms with Gasteiger partial charge in [0.05, 0.1) is 19.3 Å². The highest BCUT2D eigenvalue weighted by molar-refractivity contribution is 6.00. The van der Waals surface area contributed by atoms with Crippen LogP contribution in [0.1, 0.15) is 30.1 Å². The number of imide groups is 1. The van der Waals surface area contributed by atoms with Gasteiger partial charge in [0.1, 0.15) is 5.75 Å². The monoisotopic (exact) mass is 292 g/mol. The van der Waals surface area contributed by atoms with Gasteiger partial charge in [-0.05, 0) is 25.5 Å². The zero-order valence-electron chi connectivity index (χ0n) is 12.2. The molecule has 1 fully saturated rings. The Balaban J connectivity index is 1.98. The minimum Gasteiger partial charge on any atom is -0.496 e. The molecule has 2 unspecified atom stereocenters. The molecule has 0 saturated carbocycles. The van der Waals surface area contributed by atoms with E-state index in [9.17, 15) is 14.7 Å². The van der Waals surface area contributed by atoms with Crippen LogP contribution in [0.4, 0.5) is 0 Å². The Morgan fingerprint density at radius 1 is 1.48 bits per heavy atom. The number of benzene rings is 1. The number of hydrogen-bond donors (Lipinski definition) is 3. The molecular weight excluding hydrogens is 272 g/mol. The van der Waals surface area contributed by atoms with Gasteiger partial charge in [-0.15, -0.1) is 0 Å². The van der Waals surface area contributed by atoms with Gasteiger partial charge in [-0.3, -0.25) is 14.9 Å². The zero-order chi connectivity index (χ0) is 15.4. The number of rotatable bonds is 5. The highest BCUT2D eigenvalue weighted by atomic mass is 16.5. The first-order valence-corrected chi connectivity index (χ1v) is 6.91. The van der Waals surface area contributed by atoms with Crippen LogP contribution in [0.2, 0.25) is 0 Å². The van der Waals surface area contributed by atoms with Crippen LogP contribution in [0.3, 0.4) is 0 Å². The lowest BCUT2D eigenvalue weighted by Crippen LogP contribution is -2.51. The number of ether oxygens (including phenoxy) is 1. The summed E-state index contributed by atoms with van der Waals surface area (Å²) in [5.74, 6) is 0.0202. The van der Waals surface area contributed by atoms with Crippen LogP contribution in [-0.2, 0) is 9.59 Å². The van der Waals surface area contributed by atoms with E-state index in [1.165, 1.54) is 0 Å². The van der Waals surface area contributed by atoms with Crippen LogP contribution >= 0.6 is 0 Å². The van der Waals surface area contributed by atoms with Crippen LogP contribution in [0.5, 0.6) is 5.75 Å². The number of aryl methyl sites for hydroxylation is 1. The van der Waals surface area contributed by atoms with E-state index >= 15 is 0 Å². The third-order valence-corrected chi connectivity index (χ3v) is 3.54. The normalized spacial score (nSPS) is 20.0. The quantitative estimate of drug-likeness (QED) is 0.685. The molecule has 6 heteroatoms. The molecule has 1 saturated heterocycles. The van der Waals surface area contributed by atoms with Crippen molar-refractivity contribution in [2.75, 3.05) is 13.7 Å². The molecule has 0 spiro atoms. The SMILES string of the molecule is COc1ccc(C)cc1C(O)CNC1CCC(=O)NC1=O. The van der Waals surface area contributed by atoms with Gasteiger partial charge < -0.3 is 15.2 Å². The van der Waals surface area contributed by atoms with Crippen LogP contribution in [0, 0.1) is 6.92 Å². The zero-order valence-corrected chi connectivity index (χ0v) is 12.2. The number of amides is 2. The third-order valence-electron chi connectivity index (χ3n) is 3.54. The summed E-state index contributed by atoms with van der Waals surface area (Å²) in [6.07, 6.45) is -0.0272. The summed E-state index contributed by atoms with van der Waals surface area (Å²) in [5, 5.41) is 15.6. The largest absolute Gasteiger partial charge is 0.496 e. The van der Waals surface area contributed by atoms with Crippen molar-refractivity contribution in [2.24, 2.45) is 0 Å². The van der Waals surface area contributed by atoms with E-state index in [-0.39, 0.29) is 18.4 Å². The first-order valence-electron chi connectivity index (χ1n) is 6.91. The van der Waals surface area contributed by atoms with Crippen molar-refractivity contribution in [1.29, 1.82) is 0 Å². The molecule has 1 heterocycles. The van der Waals surface area contributed by atoms with Gasteiger partial charge in [-0.2, -0.15) is 0 Å². The molecule has 2 rings (SSSR count). The molecule has 6 nitrogen and oxygen atoms in total. The molecule has 1 aromatic rings. The Morgan fingerprint density at radius 3 is 2.90 bits per heavy atom. The number of methoxy groups -OCH3 is 1. The Hall–Kier alpha value is -1.92. The fourth-order valence-electron chi connectivity index (χ4n) is 2.37. The van der Waals surface area contributed by atoms with Gasteiger partial charge in [0.2, 0.25) is 11.8 Å². The van der Waals surface area contributed by atoms with Gasteiger partial charge in [-0.25, -0.2) is 0 Å². The highest BCUT2D eigenvalue weighted by Gasteiger charge is 2.27. The summed E-state index contributed by atoms with van der Waals surface area (Å²) in [6.45, 7) is 2.15. The van der Waals surface area contributed by atoms with Crippen molar-refractivity contribution in [3.05, 3.63) is 29.3 Å². The lowest BCUT2D eigenvalue weighted by molar-refractivity contribution is -0.134. The van der Waals surface area contributed by atoms with E-state index < -0.39 is 12.1 Å². The average Bonchev–Trinajstić information content (AvgIpc) is 2.46. The van der Waals surface area contributed by atoms with E-state index in [2.05, 4.69) is 10.6 Å². The number of carbonyl (C=O) groups is 2. The van der Waals surface area contributed by atoms with E-state index in [1.807, 2.05) is 19.1 Å². The number of aliphatic hydroxyl groups is 1. The number of nitrogens with one attached hydrogen (secondary N) is 2. The lowest BCUT2D eigenvalue weighted by atomic mass is 10.0. The predicted molar refractivity (Wildman–Crippen MR) is 76.9 cm³/mol. The van der Waals surface area contributed by atoms with E-state index in [0.29, 0.717) is 24.2 Å². The predicted octanol–water partition coefficient (Wildman–Crippen LogP) is 0.432. The molecule has 2 amide bonds. The molecule has 3 N–H and O–H groups in total. The topological polar surface area (TPSA) is 87.7 Å². The molecular formula is C15H20N2O4. The van der Waals surface area contributed by atoms with E-state index in [1.54, 1.807) is 13.2 Å². The Kier molecular flexibility index (Phi) is 4.93. The van der Waals surface area contributed by atoms with Crippen molar-refractivity contribution >= 4 is 11.8 Å². The van der Waals surface area contributed by atoms with Crippen molar-refractivity contribution in [1.82, 2.24) is 10.6 Å². The summed E-state index contributed by atoms with van der Waals surface area (Å²) in [7, 11) is 1.55. The molecule has 2 atom stereocenters. The molecule has 0 aliphatic carbocycles. The van der Waals surface area contributed by atoms with Crippen LogP contribution in [0.15, 0.2) is 18.2 Å². The van der Waals surface area contributed by atoms with Crippen molar-refractivity contribution in [3.63, 3.8) is 0 Å². The first kappa shape index (κ1) is 15.5. The standard InChI is InChI=1S/C15H20N2O4/c1-9-3-5-13(21-2)10(7-9)12(18)8-16-11-4-6-14(19)17-15(11)20/h3,5,7,11-12,16,18H,4,6,8H2,1-2H3,(H,17,19,20). The fourth-order valence-corrected chi connectivity index (χ4v) is 2.37. The Morgan fingerprint density at radius 2 is 2.24 bits per heavy atom. The van der Waals surface area contributed by atoms with Crippen molar-refractivity contribution in [3.8, 4) is 5.75 Å². The number of piperidine rings is 1. The van der Waals surface area contributed by atoms with Crippen LogP contribution in [-0.4, -0.2) is 36.6 Å². The van der Waals surface area contributed by atoms with Crippen LogP contribution in [0.25, 0.3) is 0 Å². The maximum Gasteiger partial charge on any atom is 0.243 e. The molecule has 1 aromatic carbocycles. The molecule has 0 radical (unpaired) electrons. The molecule has 1 aliphatic rings. The highest BCUT2D eigenvalue weighted by Crippen LogP contribution is 2.26. The van der Waals surface area contributed by atoms with Gasteiger partial charge >= 0.3 is 0 Å². The van der Waals surface area contributed by atoms with Gasteiger partial charge in [-0.1, -0.05) is 11.6 Å². The number of hydrogen-bond acceptors (Lipinski definition) is 5. The second-order valence-corrected chi connectivity index (χ2v) is 5.17. The van der Waals surface area contributed by atoms with Crippen LogP contribution < -0.4 is 15.4 Å². The maximum atomic E-state index is 11.6. The van der Waals surface area contributed by atoms with Crippen molar-refractivity contribution < 1.29 is 19.4 Å². The minimum atomic E-state index is -0.787. The molecule has 0 bridgehead atoms. The fraction of sp³-hybridized carbons (Fsp3) is 0.467. The summed E-state index contributed by atoms with van der Waals surface area (Å²) in [4.78, 5) is 22.7. The summed E-state index contributed by atoms with van der Waals surface area (Å²) in [6, 6.07) is 5.12. The lowest BCUT2D eigenvalue weighted by Gasteiger charge is -2.24.